The molecule has 0 unspecified atom stereocenters. The Balaban J connectivity index is 1.55. The molecule has 0 bridgehead atoms. The van der Waals surface area contributed by atoms with Gasteiger partial charge in [0, 0.05) is 38.8 Å². The van der Waals surface area contributed by atoms with Crippen LogP contribution in [0.25, 0.3) is 22.4 Å². The molecule has 2 N–H and O–H groups in total. The number of benzene rings is 2. The Morgan fingerprint density at radius 2 is 2.00 bits per heavy atom. The van der Waals surface area contributed by atoms with Crippen molar-refractivity contribution < 1.29 is 9.18 Å². The van der Waals surface area contributed by atoms with E-state index in [9.17, 15) is 9.18 Å². The molecule has 1 fully saturated rings. The number of rotatable bonds is 6. The predicted octanol–water partition coefficient (Wildman–Crippen LogP) is 4.14. The Bertz CT molecular complexity index is 1410. The van der Waals surface area contributed by atoms with Crippen molar-refractivity contribution in [2.24, 2.45) is 12.8 Å². The van der Waals surface area contributed by atoms with Gasteiger partial charge in [0.25, 0.3) is 0 Å². The first kappa shape index (κ1) is 23.1. The van der Waals surface area contributed by atoms with Crippen LogP contribution in [0, 0.1) is 19.7 Å². The lowest BCUT2D eigenvalue weighted by Gasteiger charge is -2.28. The first-order chi connectivity index (χ1) is 16.9. The second-order valence-corrected chi connectivity index (χ2v) is 9.18. The molecule has 1 aliphatic rings. The second-order valence-electron chi connectivity index (χ2n) is 9.18. The zero-order valence-corrected chi connectivity index (χ0v) is 20.3. The lowest BCUT2D eigenvalue weighted by molar-refractivity contribution is 0.0988. The average molecular weight is 473 g/mol. The van der Waals surface area contributed by atoms with Gasteiger partial charge in [0.1, 0.15) is 22.9 Å². The Kier molecular flexibility index (Phi) is 6.06. The van der Waals surface area contributed by atoms with E-state index in [2.05, 4.69) is 19.4 Å². The van der Waals surface area contributed by atoms with Crippen molar-refractivity contribution in [2.75, 3.05) is 18.0 Å². The van der Waals surface area contributed by atoms with Crippen LogP contribution in [0.3, 0.4) is 0 Å². The summed E-state index contributed by atoms with van der Waals surface area (Å²) >= 11 is 0. The molecule has 0 amide bonds. The number of fused-ring (bicyclic) bond motifs is 1. The van der Waals surface area contributed by atoms with Gasteiger partial charge < -0.3 is 15.2 Å². The van der Waals surface area contributed by atoms with Gasteiger partial charge in [-0.15, -0.1) is 0 Å². The van der Waals surface area contributed by atoms with Crippen LogP contribution in [0.5, 0.6) is 0 Å². The van der Waals surface area contributed by atoms with Gasteiger partial charge in [0.05, 0.1) is 16.8 Å². The number of anilines is 1. The van der Waals surface area contributed by atoms with Crippen LogP contribution < -0.4 is 10.6 Å². The van der Waals surface area contributed by atoms with Gasteiger partial charge in [-0.2, -0.15) is 0 Å². The molecule has 0 spiro atoms. The molecule has 3 heterocycles. The van der Waals surface area contributed by atoms with E-state index in [4.69, 9.17) is 10.7 Å². The lowest BCUT2D eigenvalue weighted by atomic mass is 10.0. The number of halogens is 1. The van der Waals surface area contributed by atoms with Crippen LogP contribution in [0.15, 0.2) is 42.6 Å². The topological polar surface area (TPSA) is 89.9 Å². The first-order valence-corrected chi connectivity index (χ1v) is 11.9. The molecule has 1 aliphatic heterocycles. The number of aryl methyl sites for hydroxylation is 3. The third kappa shape index (κ3) is 4.08. The molecule has 0 saturated carbocycles. The van der Waals surface area contributed by atoms with Gasteiger partial charge in [-0.25, -0.2) is 19.3 Å². The molecular weight excluding hydrogens is 443 g/mol. The summed E-state index contributed by atoms with van der Waals surface area (Å²) in [5.41, 5.74) is 11.2. The standard InChI is InChI=1S/C27H29FN6O/c1-16-6-4-8-20(28)24(16)27-30-12-11-21(32-27)23(35)14-18-9-10-22-25(31-17(2)33(22)3)26(18)34-13-5-7-19(34)15-29/h4,6,8-12,19H,5,7,13-15,29H2,1-3H3/t19-/m0/s1. The molecule has 4 aromatic rings. The van der Waals surface area contributed by atoms with E-state index >= 15 is 0 Å². The lowest BCUT2D eigenvalue weighted by Crippen LogP contribution is -2.36. The summed E-state index contributed by atoms with van der Waals surface area (Å²) in [4.78, 5) is 29.3. The molecule has 2 aromatic heterocycles. The molecular formula is C27H29FN6O. The minimum atomic E-state index is -0.408. The highest BCUT2D eigenvalue weighted by atomic mass is 19.1. The van der Waals surface area contributed by atoms with Crippen molar-refractivity contribution >= 4 is 22.5 Å². The fourth-order valence-electron chi connectivity index (χ4n) is 5.05. The smallest absolute Gasteiger partial charge is 0.185 e. The van der Waals surface area contributed by atoms with Gasteiger partial charge in [0.2, 0.25) is 0 Å². The number of hydrogen-bond acceptors (Lipinski definition) is 6. The van der Waals surface area contributed by atoms with Crippen molar-refractivity contribution in [2.45, 2.75) is 39.2 Å². The second kappa shape index (κ2) is 9.19. The minimum Gasteiger partial charge on any atom is -0.365 e. The van der Waals surface area contributed by atoms with Gasteiger partial charge in [0.15, 0.2) is 11.6 Å². The highest BCUT2D eigenvalue weighted by Gasteiger charge is 2.29. The quantitative estimate of drug-likeness (QED) is 0.424. The zero-order chi connectivity index (χ0) is 24.7. The number of nitrogens with two attached hydrogens (primary N) is 1. The van der Waals surface area contributed by atoms with Crippen LogP contribution in [0.2, 0.25) is 0 Å². The average Bonchev–Trinajstić information content (AvgIpc) is 3.43. The third-order valence-corrected chi connectivity index (χ3v) is 7.01. The summed E-state index contributed by atoms with van der Waals surface area (Å²) in [6.07, 6.45) is 3.73. The Labute approximate surface area is 203 Å². The van der Waals surface area contributed by atoms with Gasteiger partial charge in [-0.1, -0.05) is 18.2 Å². The maximum atomic E-state index is 14.5. The predicted molar refractivity (Wildman–Crippen MR) is 135 cm³/mol. The molecule has 8 heteroatoms. The first-order valence-electron chi connectivity index (χ1n) is 11.9. The summed E-state index contributed by atoms with van der Waals surface area (Å²) in [5.74, 6) is 0.563. The summed E-state index contributed by atoms with van der Waals surface area (Å²) in [6, 6.07) is 10.6. The van der Waals surface area contributed by atoms with E-state index in [0.29, 0.717) is 12.1 Å². The number of carbonyl (C=O) groups is 1. The fourth-order valence-corrected chi connectivity index (χ4v) is 5.05. The number of hydrogen-bond donors (Lipinski definition) is 1. The van der Waals surface area contributed by atoms with Gasteiger partial charge in [-0.05, 0) is 56.0 Å². The Hall–Kier alpha value is -3.65. The SMILES string of the molecule is Cc1cccc(F)c1-c1nccc(C(=O)Cc2ccc3c(nc(C)n3C)c2N2CCC[C@H]2CN)n1. The molecule has 1 saturated heterocycles. The van der Waals surface area contributed by atoms with Gasteiger partial charge in [-0.3, -0.25) is 4.79 Å². The van der Waals surface area contributed by atoms with Crippen LogP contribution in [-0.2, 0) is 13.5 Å². The van der Waals surface area contributed by atoms with Crippen LogP contribution >= 0.6 is 0 Å². The normalized spacial score (nSPS) is 15.8. The number of nitrogens with zero attached hydrogens (tertiary/aromatic N) is 5. The van der Waals surface area contributed by atoms with E-state index in [1.54, 1.807) is 25.1 Å². The molecule has 0 aliphatic carbocycles. The van der Waals surface area contributed by atoms with Crippen molar-refractivity contribution in [3.8, 4) is 11.4 Å². The summed E-state index contributed by atoms with van der Waals surface area (Å²) in [7, 11) is 2.00. The molecule has 35 heavy (non-hydrogen) atoms. The highest BCUT2D eigenvalue weighted by Crippen LogP contribution is 2.36. The van der Waals surface area contributed by atoms with Crippen molar-refractivity contribution in [3.05, 3.63) is 71.1 Å². The summed E-state index contributed by atoms with van der Waals surface area (Å²) in [5, 5.41) is 0. The molecule has 0 radical (unpaired) electrons. The van der Waals surface area contributed by atoms with Crippen LogP contribution in [0.4, 0.5) is 10.1 Å². The monoisotopic (exact) mass is 472 g/mol. The third-order valence-electron chi connectivity index (χ3n) is 7.01. The van der Waals surface area contributed by atoms with Crippen molar-refractivity contribution in [3.63, 3.8) is 0 Å². The Morgan fingerprint density at radius 1 is 1.17 bits per heavy atom. The minimum absolute atomic E-state index is 0.153. The van der Waals surface area contributed by atoms with E-state index < -0.39 is 5.82 Å². The molecule has 5 rings (SSSR count). The van der Waals surface area contributed by atoms with Gasteiger partial charge >= 0.3 is 0 Å². The Morgan fingerprint density at radius 3 is 2.77 bits per heavy atom. The number of Topliss-reactive ketones (excluding diaryl/α,β-unsaturated/α-hetero) is 1. The summed E-state index contributed by atoms with van der Waals surface area (Å²) < 4.78 is 16.6. The molecule has 2 aromatic carbocycles. The molecule has 180 valence electrons. The maximum Gasteiger partial charge on any atom is 0.185 e. The van der Waals surface area contributed by atoms with E-state index in [0.717, 1.165) is 53.1 Å². The number of aromatic nitrogens is 4. The largest absolute Gasteiger partial charge is 0.365 e. The fraction of sp³-hybridized carbons (Fsp3) is 0.333. The van der Waals surface area contributed by atoms with Crippen molar-refractivity contribution in [1.82, 2.24) is 19.5 Å². The van der Waals surface area contributed by atoms with Crippen molar-refractivity contribution in [1.29, 1.82) is 0 Å². The molecule has 7 nitrogen and oxygen atoms in total. The maximum absolute atomic E-state index is 14.5. The molecule has 1 atom stereocenters. The number of ketones is 1. The number of carbonyl (C=O) groups excluding carboxylic acids is 1. The zero-order valence-electron chi connectivity index (χ0n) is 20.3. The van der Waals surface area contributed by atoms with E-state index in [-0.39, 0.29) is 29.8 Å². The highest BCUT2D eigenvalue weighted by molar-refractivity contribution is 6.00. The number of imidazole rings is 1. The van der Waals surface area contributed by atoms with E-state index in [1.165, 1.54) is 12.3 Å². The van der Waals surface area contributed by atoms with Crippen LogP contribution in [-0.4, -0.2) is 44.4 Å². The van der Waals surface area contributed by atoms with E-state index in [1.807, 2.05) is 26.1 Å². The van der Waals surface area contributed by atoms with Crippen LogP contribution in [0.1, 0.15) is 40.3 Å². The summed E-state index contributed by atoms with van der Waals surface area (Å²) in [6.45, 7) is 5.21.